The zero-order valence-electron chi connectivity index (χ0n) is 19.1. The predicted molar refractivity (Wildman–Crippen MR) is 129 cm³/mol. The van der Waals surface area contributed by atoms with Gasteiger partial charge >= 0.3 is 12.3 Å². The van der Waals surface area contributed by atoms with E-state index in [2.05, 4.69) is 9.72 Å². The van der Waals surface area contributed by atoms with Crippen LogP contribution in [0.1, 0.15) is 28.2 Å². The number of aliphatic carboxylic acids is 1. The minimum atomic E-state index is -4.83. The van der Waals surface area contributed by atoms with E-state index in [0.717, 1.165) is 23.5 Å². The van der Waals surface area contributed by atoms with Crippen molar-refractivity contribution in [3.05, 3.63) is 71.4 Å². The lowest BCUT2D eigenvalue weighted by molar-refractivity contribution is -0.274. The minimum absolute atomic E-state index is 0.00136. The Hall–Kier alpha value is -3.45. The number of carboxylic acids is 1. The third-order valence-corrected chi connectivity index (χ3v) is 9.99. The molecule has 1 saturated heterocycles. The molecule has 37 heavy (non-hydrogen) atoms. The summed E-state index contributed by atoms with van der Waals surface area (Å²) in [6.07, 6.45) is -4.22. The van der Waals surface area contributed by atoms with Gasteiger partial charge in [-0.1, -0.05) is 6.07 Å². The molecular weight excluding hydrogens is 533 g/mol. The van der Waals surface area contributed by atoms with Crippen LogP contribution in [0.15, 0.2) is 60.8 Å². The van der Waals surface area contributed by atoms with Crippen LogP contribution in [-0.2, 0) is 19.4 Å². The highest BCUT2D eigenvalue weighted by Crippen LogP contribution is 2.45. The number of aromatic nitrogens is 1. The monoisotopic (exact) mass is 554 g/mol. The zero-order valence-corrected chi connectivity index (χ0v) is 20.8. The smallest absolute Gasteiger partial charge is 0.481 e. The van der Waals surface area contributed by atoms with Gasteiger partial charge in [-0.05, 0) is 60.5 Å². The van der Waals surface area contributed by atoms with E-state index in [9.17, 15) is 36.3 Å². The molecule has 0 aliphatic carbocycles. The van der Waals surface area contributed by atoms with Crippen LogP contribution in [0, 0.1) is 0 Å². The molecule has 1 atom stereocenters. The third-order valence-electron chi connectivity index (χ3n) is 6.05. The zero-order chi connectivity index (χ0) is 26.8. The fraction of sp³-hybridized carbons (Fsp3) is 0.292. The van der Waals surface area contributed by atoms with Gasteiger partial charge in [0.2, 0.25) is 0 Å². The number of hydrogen-bond donors (Lipinski definition) is 1. The van der Waals surface area contributed by atoms with Crippen molar-refractivity contribution in [2.24, 2.45) is 0 Å². The maximum Gasteiger partial charge on any atom is 0.573 e. The quantitative estimate of drug-likeness (QED) is 0.482. The van der Waals surface area contributed by atoms with Crippen molar-refractivity contribution in [3.8, 4) is 16.2 Å². The lowest BCUT2D eigenvalue weighted by Gasteiger charge is -2.29. The number of hydrogen-bond acceptors (Lipinski definition) is 7. The van der Waals surface area contributed by atoms with Crippen molar-refractivity contribution >= 4 is 33.1 Å². The lowest BCUT2D eigenvalue weighted by Crippen LogP contribution is -2.39. The van der Waals surface area contributed by atoms with E-state index >= 15 is 0 Å². The second-order valence-electron chi connectivity index (χ2n) is 8.38. The molecule has 1 fully saturated rings. The number of benzene rings is 1. The lowest BCUT2D eigenvalue weighted by atomic mass is 9.97. The molecule has 0 radical (unpaired) electrons. The van der Waals surface area contributed by atoms with Gasteiger partial charge in [0.15, 0.2) is 9.84 Å². The molecule has 13 heteroatoms. The second-order valence-corrected chi connectivity index (χ2v) is 11.9. The number of pyridine rings is 1. The van der Waals surface area contributed by atoms with Crippen molar-refractivity contribution in [2.45, 2.75) is 24.0 Å². The van der Waals surface area contributed by atoms with Gasteiger partial charge in [-0.3, -0.25) is 14.6 Å². The van der Waals surface area contributed by atoms with Crippen molar-refractivity contribution in [3.63, 3.8) is 0 Å². The van der Waals surface area contributed by atoms with Gasteiger partial charge in [-0.2, -0.15) is 0 Å². The number of sulfone groups is 1. The van der Waals surface area contributed by atoms with Crippen LogP contribution in [-0.4, -0.2) is 60.5 Å². The maximum absolute atomic E-state index is 13.6. The molecule has 1 N–H and O–H groups in total. The van der Waals surface area contributed by atoms with Gasteiger partial charge in [0.25, 0.3) is 5.91 Å². The number of halogens is 3. The van der Waals surface area contributed by atoms with E-state index in [1.165, 1.54) is 35.4 Å². The normalized spacial score (nSPS) is 19.7. The Morgan fingerprint density at radius 3 is 2.43 bits per heavy atom. The van der Waals surface area contributed by atoms with E-state index in [1.54, 1.807) is 18.2 Å². The first-order valence-corrected chi connectivity index (χ1v) is 13.5. The fourth-order valence-electron chi connectivity index (χ4n) is 4.23. The summed E-state index contributed by atoms with van der Waals surface area (Å²) in [7, 11) is -4.04. The Morgan fingerprint density at radius 1 is 1.08 bits per heavy atom. The summed E-state index contributed by atoms with van der Waals surface area (Å²) < 4.78 is 66.6. The number of thiophene rings is 1. The SMILES string of the molecule is O=C(O)C[C@]1(c2ccc(-c3ccc(OC(F)(F)F)cc3)s2)CCN(C(=O)c2ccccn2)CCS1(=O)=O. The first-order chi connectivity index (χ1) is 17.4. The van der Waals surface area contributed by atoms with Crippen LogP contribution >= 0.6 is 11.3 Å². The largest absolute Gasteiger partial charge is 0.573 e. The minimum Gasteiger partial charge on any atom is -0.481 e. The van der Waals surface area contributed by atoms with Gasteiger partial charge in [0.05, 0.1) is 12.2 Å². The topological polar surface area (TPSA) is 114 Å². The molecule has 1 aliphatic heterocycles. The number of carboxylic acid groups (broad SMARTS) is 1. The second kappa shape index (κ2) is 10.1. The van der Waals surface area contributed by atoms with Gasteiger partial charge in [0.1, 0.15) is 16.2 Å². The van der Waals surface area contributed by atoms with Crippen LogP contribution in [0.25, 0.3) is 10.4 Å². The molecule has 1 amide bonds. The number of carbonyl (C=O) groups excluding carboxylic acids is 1. The average molecular weight is 555 g/mol. The molecule has 0 spiro atoms. The molecule has 3 aromatic rings. The Balaban J connectivity index is 1.66. The Kier molecular flexibility index (Phi) is 7.29. The number of ether oxygens (including phenoxy) is 1. The number of carbonyl (C=O) groups is 2. The van der Waals surface area contributed by atoms with Gasteiger partial charge in [-0.25, -0.2) is 8.42 Å². The first-order valence-electron chi connectivity index (χ1n) is 11.0. The predicted octanol–water partition coefficient (Wildman–Crippen LogP) is 4.34. The molecule has 3 heterocycles. The van der Waals surface area contributed by atoms with E-state index in [0.29, 0.717) is 10.4 Å². The summed E-state index contributed by atoms with van der Waals surface area (Å²) in [6, 6.07) is 13.0. The molecule has 0 saturated carbocycles. The molecule has 196 valence electrons. The van der Waals surface area contributed by atoms with E-state index < -0.39 is 50.7 Å². The van der Waals surface area contributed by atoms with Crippen LogP contribution in [0.5, 0.6) is 5.75 Å². The van der Waals surface area contributed by atoms with E-state index in [-0.39, 0.29) is 30.1 Å². The summed E-state index contributed by atoms with van der Waals surface area (Å²) >= 11 is 1.05. The molecule has 1 aliphatic rings. The summed E-state index contributed by atoms with van der Waals surface area (Å²) in [5.74, 6) is -2.60. The Morgan fingerprint density at radius 2 is 1.81 bits per heavy atom. The summed E-state index contributed by atoms with van der Waals surface area (Å²) in [6.45, 7) is -0.114. The van der Waals surface area contributed by atoms with Crippen molar-refractivity contribution in [1.29, 1.82) is 0 Å². The number of alkyl halides is 3. The van der Waals surface area contributed by atoms with E-state index in [4.69, 9.17) is 0 Å². The van der Waals surface area contributed by atoms with Crippen LogP contribution in [0.4, 0.5) is 13.2 Å². The van der Waals surface area contributed by atoms with Crippen molar-refractivity contribution in [1.82, 2.24) is 9.88 Å². The Bertz CT molecular complexity index is 1390. The standard InChI is InChI=1S/C24H21F3N2O6S2/c25-24(26,27)35-17-6-4-16(5-7-17)19-8-9-20(36-19)23(15-21(30)31)10-12-29(13-14-37(23,33)34)22(32)18-3-1-2-11-28-18/h1-9,11H,10,12-15H2,(H,30,31)/t23-/m0/s1. The molecule has 0 unspecified atom stereocenters. The molecule has 0 bridgehead atoms. The van der Waals surface area contributed by atoms with Gasteiger partial charge < -0.3 is 14.7 Å². The van der Waals surface area contributed by atoms with Gasteiger partial charge in [0, 0.05) is 29.0 Å². The molecule has 8 nitrogen and oxygen atoms in total. The van der Waals surface area contributed by atoms with Crippen LogP contribution in [0.3, 0.4) is 0 Å². The number of nitrogens with zero attached hydrogens (tertiary/aromatic N) is 2. The maximum atomic E-state index is 13.6. The summed E-state index contributed by atoms with van der Waals surface area (Å²) in [5.41, 5.74) is 0.663. The van der Waals surface area contributed by atoms with Crippen LogP contribution in [0.2, 0.25) is 0 Å². The average Bonchev–Trinajstić information content (AvgIpc) is 3.28. The third kappa shape index (κ3) is 5.77. The highest BCUT2D eigenvalue weighted by molar-refractivity contribution is 7.92. The van der Waals surface area contributed by atoms with Gasteiger partial charge in [-0.15, -0.1) is 24.5 Å². The van der Waals surface area contributed by atoms with Crippen molar-refractivity contribution in [2.75, 3.05) is 18.8 Å². The highest BCUT2D eigenvalue weighted by atomic mass is 32.2. The molecule has 1 aromatic carbocycles. The van der Waals surface area contributed by atoms with Crippen molar-refractivity contribution < 1.29 is 41.0 Å². The molecule has 4 rings (SSSR count). The first kappa shape index (κ1) is 26.6. The molecule has 2 aromatic heterocycles. The summed E-state index contributed by atoms with van der Waals surface area (Å²) in [5, 5.41) is 9.66. The molecular formula is C24H21F3N2O6S2. The van der Waals surface area contributed by atoms with Crippen LogP contribution < -0.4 is 4.74 Å². The van der Waals surface area contributed by atoms with E-state index in [1.807, 2.05) is 0 Å². The number of rotatable bonds is 6. The fourth-order valence-corrected chi connectivity index (χ4v) is 7.83. The summed E-state index contributed by atoms with van der Waals surface area (Å²) in [4.78, 5) is 31.0. The Labute approximate surface area is 214 Å². The number of amides is 1. The highest BCUT2D eigenvalue weighted by Gasteiger charge is 2.50.